The molecule has 0 spiro atoms. The van der Waals surface area contributed by atoms with Crippen LogP contribution in [0.3, 0.4) is 0 Å². The quantitative estimate of drug-likeness (QED) is 0.628. The summed E-state index contributed by atoms with van der Waals surface area (Å²) in [7, 11) is 0. The van der Waals surface area contributed by atoms with E-state index < -0.39 is 4.92 Å². The zero-order valence-electron chi connectivity index (χ0n) is 10.5. The Morgan fingerprint density at radius 2 is 2.32 bits per heavy atom. The summed E-state index contributed by atoms with van der Waals surface area (Å²) in [6.45, 7) is 2.74. The Kier molecular flexibility index (Phi) is 3.94. The number of rotatable bonds is 3. The number of thiophene rings is 1. The Labute approximate surface area is 114 Å². The van der Waals surface area contributed by atoms with Gasteiger partial charge in [0.2, 0.25) is 0 Å². The Morgan fingerprint density at radius 3 is 2.89 bits per heavy atom. The number of carbonyl (C=O) groups excluding carboxylic acids is 2. The van der Waals surface area contributed by atoms with E-state index in [2.05, 4.69) is 0 Å². The molecule has 2 heterocycles. The number of likely N-dealkylation sites (tertiary alicyclic amines) is 1. The third-order valence-corrected chi connectivity index (χ3v) is 4.31. The lowest BCUT2D eigenvalue weighted by atomic mass is 9.94. The molecule has 1 unspecified atom stereocenters. The molecule has 1 saturated heterocycles. The van der Waals surface area contributed by atoms with Crippen molar-refractivity contribution >= 4 is 28.0 Å². The van der Waals surface area contributed by atoms with Gasteiger partial charge < -0.3 is 4.90 Å². The first-order valence-corrected chi connectivity index (χ1v) is 6.90. The maximum Gasteiger partial charge on any atom is 0.324 e. The van der Waals surface area contributed by atoms with Gasteiger partial charge in [-0.2, -0.15) is 0 Å². The highest BCUT2D eigenvalue weighted by molar-refractivity contribution is 7.17. The molecular formula is C12H14N2O4S. The summed E-state index contributed by atoms with van der Waals surface area (Å²) in [6.07, 6.45) is 1.09. The van der Waals surface area contributed by atoms with E-state index in [0.717, 1.165) is 11.3 Å². The summed E-state index contributed by atoms with van der Waals surface area (Å²) < 4.78 is 0. The SMILES string of the molecule is CCC1CN(C(=O)c2ccc([N+](=O)[O-])s2)CCC1=O. The van der Waals surface area contributed by atoms with Crippen molar-refractivity contribution in [2.45, 2.75) is 19.8 Å². The summed E-state index contributed by atoms with van der Waals surface area (Å²) >= 11 is 0.877. The minimum absolute atomic E-state index is 0.0384. The number of piperidine rings is 1. The number of amides is 1. The number of carbonyl (C=O) groups is 2. The molecule has 0 aliphatic carbocycles. The van der Waals surface area contributed by atoms with Crippen molar-refractivity contribution in [2.24, 2.45) is 5.92 Å². The number of hydrogen-bond donors (Lipinski definition) is 0. The molecule has 1 aromatic rings. The second kappa shape index (κ2) is 5.48. The molecule has 19 heavy (non-hydrogen) atoms. The van der Waals surface area contributed by atoms with E-state index in [1.165, 1.54) is 12.1 Å². The molecule has 6 nitrogen and oxygen atoms in total. The zero-order valence-corrected chi connectivity index (χ0v) is 11.3. The van der Waals surface area contributed by atoms with Crippen LogP contribution in [0.15, 0.2) is 12.1 Å². The first kappa shape index (κ1) is 13.7. The molecule has 0 radical (unpaired) electrons. The molecule has 0 N–H and O–H groups in total. The van der Waals surface area contributed by atoms with Crippen molar-refractivity contribution in [3.63, 3.8) is 0 Å². The van der Waals surface area contributed by atoms with E-state index in [-0.39, 0.29) is 22.6 Å². The van der Waals surface area contributed by atoms with Gasteiger partial charge in [0, 0.05) is 31.5 Å². The van der Waals surface area contributed by atoms with Crippen LogP contribution < -0.4 is 0 Å². The minimum atomic E-state index is -0.504. The predicted molar refractivity (Wildman–Crippen MR) is 70.3 cm³/mol. The van der Waals surface area contributed by atoms with Crippen molar-refractivity contribution in [1.29, 1.82) is 0 Å². The van der Waals surface area contributed by atoms with E-state index in [1.54, 1.807) is 4.90 Å². The molecule has 1 aliphatic rings. The van der Waals surface area contributed by atoms with Gasteiger partial charge in [-0.3, -0.25) is 19.7 Å². The lowest BCUT2D eigenvalue weighted by molar-refractivity contribution is -0.380. The Balaban J connectivity index is 2.10. The third-order valence-electron chi connectivity index (χ3n) is 3.29. The smallest absolute Gasteiger partial charge is 0.324 e. The van der Waals surface area contributed by atoms with E-state index in [9.17, 15) is 19.7 Å². The van der Waals surface area contributed by atoms with Crippen LogP contribution in [0.2, 0.25) is 0 Å². The van der Waals surface area contributed by atoms with Gasteiger partial charge >= 0.3 is 5.00 Å². The molecule has 0 bridgehead atoms. The van der Waals surface area contributed by atoms with E-state index in [1.807, 2.05) is 6.92 Å². The highest BCUT2D eigenvalue weighted by Crippen LogP contribution is 2.26. The molecular weight excluding hydrogens is 268 g/mol. The van der Waals surface area contributed by atoms with E-state index in [0.29, 0.717) is 30.8 Å². The summed E-state index contributed by atoms with van der Waals surface area (Å²) in [5.41, 5.74) is 0. The summed E-state index contributed by atoms with van der Waals surface area (Å²) in [5, 5.41) is 10.6. The zero-order chi connectivity index (χ0) is 14.0. The maximum absolute atomic E-state index is 12.2. The highest BCUT2D eigenvalue weighted by Gasteiger charge is 2.30. The largest absolute Gasteiger partial charge is 0.337 e. The molecule has 1 aliphatic heterocycles. The van der Waals surface area contributed by atoms with Crippen molar-refractivity contribution in [2.75, 3.05) is 13.1 Å². The lowest BCUT2D eigenvalue weighted by Gasteiger charge is -2.30. The first-order chi connectivity index (χ1) is 9.02. The molecule has 1 atom stereocenters. The van der Waals surface area contributed by atoms with Gasteiger partial charge in [-0.15, -0.1) is 0 Å². The second-order valence-corrected chi connectivity index (χ2v) is 5.53. The van der Waals surface area contributed by atoms with Crippen LogP contribution in [0, 0.1) is 16.0 Å². The predicted octanol–water partition coefficient (Wildman–Crippen LogP) is 2.10. The standard InChI is InChI=1S/C12H14N2O4S/c1-2-8-7-13(6-5-9(8)15)12(16)10-3-4-11(19-10)14(17)18/h3-4,8H,2,5-7H2,1H3. The van der Waals surface area contributed by atoms with Gasteiger partial charge in [0.05, 0.1) is 9.80 Å². The summed E-state index contributed by atoms with van der Waals surface area (Å²) in [6, 6.07) is 2.81. The van der Waals surface area contributed by atoms with Gasteiger partial charge in [0.15, 0.2) is 0 Å². The van der Waals surface area contributed by atoms with E-state index >= 15 is 0 Å². The van der Waals surface area contributed by atoms with Crippen LogP contribution in [-0.4, -0.2) is 34.6 Å². The number of Topliss-reactive ketones (excluding diaryl/α,β-unsaturated/α-hetero) is 1. The monoisotopic (exact) mass is 282 g/mol. The van der Waals surface area contributed by atoms with Crippen LogP contribution in [0.25, 0.3) is 0 Å². The van der Waals surface area contributed by atoms with Gasteiger partial charge in [0.25, 0.3) is 5.91 Å². The van der Waals surface area contributed by atoms with Crippen molar-refractivity contribution in [3.8, 4) is 0 Å². The highest BCUT2D eigenvalue weighted by atomic mass is 32.1. The number of hydrogen-bond acceptors (Lipinski definition) is 5. The van der Waals surface area contributed by atoms with Gasteiger partial charge in [0.1, 0.15) is 5.78 Å². The molecule has 102 valence electrons. The van der Waals surface area contributed by atoms with Crippen molar-refractivity contribution in [3.05, 3.63) is 27.1 Å². The minimum Gasteiger partial charge on any atom is -0.337 e. The first-order valence-electron chi connectivity index (χ1n) is 6.09. The Morgan fingerprint density at radius 1 is 1.58 bits per heavy atom. The van der Waals surface area contributed by atoms with Crippen LogP contribution in [0.1, 0.15) is 29.4 Å². The van der Waals surface area contributed by atoms with Crippen molar-refractivity contribution in [1.82, 2.24) is 4.90 Å². The molecule has 1 aromatic heterocycles. The van der Waals surface area contributed by atoms with Crippen LogP contribution >= 0.6 is 11.3 Å². The molecule has 2 rings (SSSR count). The number of nitro groups is 1. The average Bonchev–Trinajstić information content (AvgIpc) is 2.88. The number of nitrogens with zero attached hydrogens (tertiary/aromatic N) is 2. The van der Waals surface area contributed by atoms with Gasteiger partial charge in [-0.25, -0.2) is 0 Å². The summed E-state index contributed by atoms with van der Waals surface area (Å²) in [5.74, 6) is -0.125. The van der Waals surface area contributed by atoms with Gasteiger partial charge in [-0.1, -0.05) is 18.3 Å². The maximum atomic E-state index is 12.2. The fourth-order valence-corrected chi connectivity index (χ4v) is 2.93. The summed E-state index contributed by atoms with van der Waals surface area (Å²) in [4.78, 5) is 35.9. The fourth-order valence-electron chi connectivity index (χ4n) is 2.15. The molecule has 1 amide bonds. The Hall–Kier alpha value is -1.76. The number of ketones is 1. The van der Waals surface area contributed by atoms with Crippen LogP contribution in [-0.2, 0) is 4.79 Å². The lowest BCUT2D eigenvalue weighted by Crippen LogP contribution is -2.43. The molecule has 0 aromatic carbocycles. The topological polar surface area (TPSA) is 80.5 Å². The molecule has 1 fully saturated rings. The van der Waals surface area contributed by atoms with Crippen LogP contribution in [0.5, 0.6) is 0 Å². The molecule has 0 saturated carbocycles. The average molecular weight is 282 g/mol. The van der Waals surface area contributed by atoms with Crippen molar-refractivity contribution < 1.29 is 14.5 Å². The van der Waals surface area contributed by atoms with Gasteiger partial charge in [-0.05, 0) is 12.5 Å². The Bertz CT molecular complexity index is 526. The second-order valence-electron chi connectivity index (χ2n) is 4.47. The normalized spacial score (nSPS) is 19.5. The van der Waals surface area contributed by atoms with E-state index in [4.69, 9.17) is 0 Å². The third kappa shape index (κ3) is 2.81. The molecule has 7 heteroatoms. The fraction of sp³-hybridized carbons (Fsp3) is 0.500. The van der Waals surface area contributed by atoms with Crippen LogP contribution in [0.4, 0.5) is 5.00 Å².